The Morgan fingerprint density at radius 3 is 2.59 bits per heavy atom. The molecule has 1 atom stereocenters. The molecule has 3 aromatic rings. The standard InChI is InChI=1S/C15H14FN9O4/c1-6-3-9(24-23-6)20-13-11(25(28)29)10(14(26)27)21-15(22-13)19-7(2)12-17-4-8(16)5-18-12/h3-5,7H,1-2H3,(H,26,27)(H3,19,20,21,22,23,24)/t7-/m0/s1. The summed E-state index contributed by atoms with van der Waals surface area (Å²) in [6.07, 6.45) is 1.93. The number of aryl methyl sites for hydroxylation is 1. The number of carbonyl (C=O) groups is 1. The van der Waals surface area contributed by atoms with E-state index in [-0.39, 0.29) is 23.4 Å². The van der Waals surface area contributed by atoms with Gasteiger partial charge in [-0.15, -0.1) is 0 Å². The molecule has 13 nitrogen and oxygen atoms in total. The van der Waals surface area contributed by atoms with E-state index in [1.165, 1.54) is 0 Å². The van der Waals surface area contributed by atoms with Crippen molar-refractivity contribution >= 4 is 29.2 Å². The van der Waals surface area contributed by atoms with Crippen LogP contribution in [0.1, 0.15) is 35.0 Å². The summed E-state index contributed by atoms with van der Waals surface area (Å²) in [7, 11) is 0. The summed E-state index contributed by atoms with van der Waals surface area (Å²) >= 11 is 0. The second-order valence-corrected chi connectivity index (χ2v) is 5.84. The number of rotatable bonds is 7. The van der Waals surface area contributed by atoms with E-state index in [1.54, 1.807) is 19.9 Å². The van der Waals surface area contributed by atoms with E-state index in [0.29, 0.717) is 5.69 Å². The van der Waals surface area contributed by atoms with E-state index in [9.17, 15) is 24.4 Å². The fourth-order valence-electron chi connectivity index (χ4n) is 2.34. The van der Waals surface area contributed by atoms with Gasteiger partial charge in [0.2, 0.25) is 17.5 Å². The lowest BCUT2D eigenvalue weighted by Gasteiger charge is -2.14. The summed E-state index contributed by atoms with van der Waals surface area (Å²) in [4.78, 5) is 37.4. The number of nitrogens with zero attached hydrogens (tertiary/aromatic N) is 6. The van der Waals surface area contributed by atoms with E-state index in [1.807, 2.05) is 0 Å². The predicted octanol–water partition coefficient (Wildman–Crippen LogP) is 1.96. The average Bonchev–Trinajstić information content (AvgIpc) is 3.06. The van der Waals surface area contributed by atoms with Crippen molar-refractivity contribution in [1.82, 2.24) is 30.1 Å². The van der Waals surface area contributed by atoms with Crippen molar-refractivity contribution in [2.75, 3.05) is 10.6 Å². The molecule has 3 aromatic heterocycles. The number of hydrogen-bond donors (Lipinski definition) is 4. The number of aromatic carboxylic acids is 1. The van der Waals surface area contributed by atoms with Crippen LogP contribution >= 0.6 is 0 Å². The van der Waals surface area contributed by atoms with Gasteiger partial charge in [0.25, 0.3) is 0 Å². The summed E-state index contributed by atoms with van der Waals surface area (Å²) < 4.78 is 13.0. The molecule has 0 amide bonds. The van der Waals surface area contributed by atoms with E-state index in [0.717, 1.165) is 12.4 Å². The highest BCUT2D eigenvalue weighted by Gasteiger charge is 2.30. The van der Waals surface area contributed by atoms with Crippen molar-refractivity contribution in [3.63, 3.8) is 0 Å². The van der Waals surface area contributed by atoms with Crippen LogP contribution < -0.4 is 10.6 Å². The van der Waals surface area contributed by atoms with Gasteiger partial charge in [0, 0.05) is 11.8 Å². The molecule has 0 aliphatic rings. The highest BCUT2D eigenvalue weighted by Crippen LogP contribution is 2.30. The quantitative estimate of drug-likeness (QED) is 0.334. The van der Waals surface area contributed by atoms with Crippen molar-refractivity contribution < 1.29 is 19.2 Å². The number of halogens is 1. The van der Waals surface area contributed by atoms with Crippen LogP contribution in [-0.4, -0.2) is 46.1 Å². The first-order chi connectivity index (χ1) is 13.7. The minimum atomic E-state index is -1.62. The summed E-state index contributed by atoms with van der Waals surface area (Å²) in [5.41, 5.74) is -0.980. The first-order valence-electron chi connectivity index (χ1n) is 8.07. The molecule has 0 radical (unpaired) electrons. The van der Waals surface area contributed by atoms with Crippen LogP contribution in [0.3, 0.4) is 0 Å². The summed E-state index contributed by atoms with van der Waals surface area (Å²) in [5, 5.41) is 32.7. The molecule has 14 heteroatoms. The molecule has 0 fully saturated rings. The third-order valence-electron chi connectivity index (χ3n) is 3.59. The molecule has 0 unspecified atom stereocenters. The fraction of sp³-hybridized carbons (Fsp3) is 0.200. The van der Waals surface area contributed by atoms with Crippen molar-refractivity contribution in [3.05, 3.63) is 51.6 Å². The van der Waals surface area contributed by atoms with Gasteiger partial charge in [-0.25, -0.2) is 19.2 Å². The number of carboxylic acid groups (broad SMARTS) is 1. The zero-order chi connectivity index (χ0) is 21.1. The van der Waals surface area contributed by atoms with Crippen LogP contribution in [-0.2, 0) is 0 Å². The molecule has 150 valence electrons. The summed E-state index contributed by atoms with van der Waals surface area (Å²) in [5.74, 6) is -2.47. The molecule has 4 N–H and O–H groups in total. The van der Waals surface area contributed by atoms with Crippen LogP contribution in [0.15, 0.2) is 18.5 Å². The molecule has 3 rings (SSSR count). The Morgan fingerprint density at radius 2 is 2.03 bits per heavy atom. The molecular formula is C15H14FN9O4. The molecule has 0 aliphatic heterocycles. The lowest BCUT2D eigenvalue weighted by molar-refractivity contribution is -0.384. The Kier molecular flexibility index (Phi) is 5.25. The fourth-order valence-corrected chi connectivity index (χ4v) is 2.34. The second kappa shape index (κ2) is 7.79. The lowest BCUT2D eigenvalue weighted by Crippen LogP contribution is -2.17. The van der Waals surface area contributed by atoms with Crippen LogP contribution in [0, 0.1) is 22.9 Å². The topological polar surface area (TPSA) is 185 Å². The SMILES string of the molecule is Cc1cc(Nc2nc(N[C@@H](C)c3ncc(F)cn3)nc(C(=O)O)c2[N+](=O)[O-])n[nH]1. The van der Waals surface area contributed by atoms with Gasteiger partial charge in [-0.2, -0.15) is 15.1 Å². The normalized spacial score (nSPS) is 11.7. The smallest absolute Gasteiger partial charge is 0.362 e. The Balaban J connectivity index is 2.01. The first kappa shape index (κ1) is 19.5. The Hall–Kier alpha value is -4.23. The molecule has 0 aromatic carbocycles. The van der Waals surface area contributed by atoms with Crippen LogP contribution in [0.5, 0.6) is 0 Å². The predicted molar refractivity (Wildman–Crippen MR) is 96.3 cm³/mol. The zero-order valence-electron chi connectivity index (χ0n) is 15.0. The Morgan fingerprint density at radius 1 is 1.34 bits per heavy atom. The van der Waals surface area contributed by atoms with E-state index < -0.39 is 34.1 Å². The largest absolute Gasteiger partial charge is 0.476 e. The zero-order valence-corrected chi connectivity index (χ0v) is 15.0. The maximum Gasteiger partial charge on any atom is 0.362 e. The number of carboxylic acids is 1. The van der Waals surface area contributed by atoms with Crippen molar-refractivity contribution in [2.45, 2.75) is 19.9 Å². The lowest BCUT2D eigenvalue weighted by atomic mass is 10.3. The summed E-state index contributed by atoms with van der Waals surface area (Å²) in [6, 6.07) is 0.896. The monoisotopic (exact) mass is 403 g/mol. The second-order valence-electron chi connectivity index (χ2n) is 5.84. The number of H-pyrrole nitrogens is 1. The number of aromatic amines is 1. The molecule has 0 saturated carbocycles. The Labute approximate surface area is 161 Å². The van der Waals surface area contributed by atoms with E-state index in [2.05, 4.69) is 40.8 Å². The van der Waals surface area contributed by atoms with Crippen molar-refractivity contribution in [3.8, 4) is 0 Å². The van der Waals surface area contributed by atoms with Gasteiger partial charge < -0.3 is 15.7 Å². The molecule has 0 aliphatic carbocycles. The van der Waals surface area contributed by atoms with Gasteiger partial charge in [0.05, 0.1) is 23.4 Å². The number of nitro groups is 1. The third-order valence-corrected chi connectivity index (χ3v) is 3.59. The minimum absolute atomic E-state index is 0.183. The van der Waals surface area contributed by atoms with Crippen LogP contribution in [0.4, 0.5) is 27.7 Å². The van der Waals surface area contributed by atoms with Crippen LogP contribution in [0.25, 0.3) is 0 Å². The molecule has 0 saturated heterocycles. The minimum Gasteiger partial charge on any atom is -0.476 e. The van der Waals surface area contributed by atoms with Gasteiger partial charge >= 0.3 is 11.7 Å². The van der Waals surface area contributed by atoms with Crippen molar-refractivity contribution in [1.29, 1.82) is 0 Å². The maximum absolute atomic E-state index is 13.0. The van der Waals surface area contributed by atoms with E-state index in [4.69, 9.17) is 0 Å². The first-order valence-corrected chi connectivity index (χ1v) is 8.07. The maximum atomic E-state index is 13.0. The van der Waals surface area contributed by atoms with Gasteiger partial charge in [-0.05, 0) is 13.8 Å². The van der Waals surface area contributed by atoms with Gasteiger partial charge in [-0.3, -0.25) is 15.2 Å². The number of aromatic nitrogens is 6. The molecule has 3 heterocycles. The molecule has 0 spiro atoms. The summed E-state index contributed by atoms with van der Waals surface area (Å²) in [6.45, 7) is 3.31. The van der Waals surface area contributed by atoms with E-state index >= 15 is 0 Å². The highest BCUT2D eigenvalue weighted by molar-refractivity contribution is 5.93. The van der Waals surface area contributed by atoms with Gasteiger partial charge in [0.1, 0.15) is 5.82 Å². The van der Waals surface area contributed by atoms with Gasteiger partial charge in [-0.1, -0.05) is 0 Å². The highest BCUT2D eigenvalue weighted by atomic mass is 19.1. The average molecular weight is 403 g/mol. The van der Waals surface area contributed by atoms with Crippen LogP contribution in [0.2, 0.25) is 0 Å². The van der Waals surface area contributed by atoms with Crippen molar-refractivity contribution in [2.24, 2.45) is 0 Å². The number of anilines is 3. The molecule has 0 bridgehead atoms. The molecular weight excluding hydrogens is 389 g/mol. The number of nitrogens with one attached hydrogen (secondary N) is 3. The van der Waals surface area contributed by atoms with Gasteiger partial charge in [0.15, 0.2) is 11.6 Å². The number of hydrogen-bond acceptors (Lipinski definition) is 10. The third kappa shape index (κ3) is 4.37. The molecule has 29 heavy (non-hydrogen) atoms. The Bertz CT molecular complexity index is 1070.